The second-order valence-electron chi connectivity index (χ2n) is 8.41. The maximum absolute atomic E-state index is 13.2. The number of rotatable bonds is 7. The fourth-order valence-electron chi connectivity index (χ4n) is 3.94. The minimum absolute atomic E-state index is 0.0999. The molecule has 188 valence electrons. The Bertz CT molecular complexity index is 1200. The van der Waals surface area contributed by atoms with Crippen LogP contribution in [-0.2, 0) is 30.9 Å². The van der Waals surface area contributed by atoms with Crippen LogP contribution in [0, 0.1) is 5.92 Å². The number of ether oxygens (including phenoxy) is 2. The highest BCUT2D eigenvalue weighted by molar-refractivity contribution is 7.99. The standard InChI is InChI=1S/C24H29N3O6S2/c1-17-16-34-22-7-6-20(35(30,31)26-8-10-33-11-9-26)13-21(22)27(24(17)29)15-23(28)25-14-18-4-3-5-19(12-18)32-2/h3-7,12-13,17H,8-11,14-16H2,1-2H3,(H,25,28)/t17-/m0/s1. The lowest BCUT2D eigenvalue weighted by molar-refractivity contribution is -0.125. The second-order valence-corrected chi connectivity index (χ2v) is 11.4. The summed E-state index contributed by atoms with van der Waals surface area (Å²) in [5.74, 6) is 0.357. The van der Waals surface area contributed by atoms with Gasteiger partial charge in [-0.25, -0.2) is 8.42 Å². The topological polar surface area (TPSA) is 105 Å². The van der Waals surface area contributed by atoms with Gasteiger partial charge in [-0.3, -0.25) is 9.59 Å². The van der Waals surface area contributed by atoms with Crippen molar-refractivity contribution >= 4 is 39.3 Å². The fourth-order valence-corrected chi connectivity index (χ4v) is 6.43. The second kappa shape index (κ2) is 11.0. The molecule has 2 heterocycles. The number of anilines is 1. The van der Waals surface area contributed by atoms with Gasteiger partial charge in [0.05, 0.1) is 30.9 Å². The van der Waals surface area contributed by atoms with Gasteiger partial charge in [-0.15, -0.1) is 11.8 Å². The summed E-state index contributed by atoms with van der Waals surface area (Å²) in [6.07, 6.45) is 0. The van der Waals surface area contributed by atoms with Gasteiger partial charge in [-0.05, 0) is 35.9 Å². The summed E-state index contributed by atoms with van der Waals surface area (Å²) in [6, 6.07) is 12.2. The van der Waals surface area contributed by atoms with Gasteiger partial charge >= 0.3 is 0 Å². The third-order valence-corrected chi connectivity index (χ3v) is 9.15. The molecule has 9 nitrogen and oxygen atoms in total. The largest absolute Gasteiger partial charge is 0.497 e. The lowest BCUT2D eigenvalue weighted by Crippen LogP contribution is -2.43. The smallest absolute Gasteiger partial charge is 0.243 e. The molecule has 1 N–H and O–H groups in total. The number of carbonyl (C=O) groups is 2. The molecule has 1 fully saturated rings. The lowest BCUT2D eigenvalue weighted by atomic mass is 10.1. The van der Waals surface area contributed by atoms with E-state index in [1.165, 1.54) is 27.0 Å². The molecule has 2 aliphatic rings. The van der Waals surface area contributed by atoms with Gasteiger partial charge in [-0.2, -0.15) is 4.31 Å². The number of thioether (sulfide) groups is 1. The number of nitrogens with one attached hydrogen (secondary N) is 1. The van der Waals surface area contributed by atoms with Gasteiger partial charge in [0.25, 0.3) is 0 Å². The SMILES string of the molecule is COc1cccc(CNC(=O)CN2C(=O)[C@@H](C)CSc3ccc(S(=O)(=O)N4CCOCC4)cc32)c1. The molecule has 4 rings (SSSR count). The van der Waals surface area contributed by atoms with Gasteiger partial charge < -0.3 is 19.7 Å². The van der Waals surface area contributed by atoms with Crippen molar-refractivity contribution in [2.24, 2.45) is 5.92 Å². The average molecular weight is 520 g/mol. The van der Waals surface area contributed by atoms with Gasteiger partial charge in [0.2, 0.25) is 21.8 Å². The van der Waals surface area contributed by atoms with E-state index in [-0.39, 0.29) is 48.8 Å². The minimum atomic E-state index is -3.75. The van der Waals surface area contributed by atoms with Crippen molar-refractivity contribution < 1.29 is 27.5 Å². The van der Waals surface area contributed by atoms with Crippen LogP contribution in [0.25, 0.3) is 0 Å². The van der Waals surface area contributed by atoms with E-state index in [2.05, 4.69) is 5.32 Å². The zero-order valence-corrected chi connectivity index (χ0v) is 21.4. The van der Waals surface area contributed by atoms with E-state index in [9.17, 15) is 18.0 Å². The molecular weight excluding hydrogens is 490 g/mol. The van der Waals surface area contributed by atoms with Gasteiger partial charge in [-0.1, -0.05) is 19.1 Å². The van der Waals surface area contributed by atoms with Crippen LogP contribution in [0.15, 0.2) is 52.3 Å². The maximum atomic E-state index is 13.2. The third-order valence-electron chi connectivity index (χ3n) is 5.93. The highest BCUT2D eigenvalue weighted by atomic mass is 32.2. The predicted octanol–water partition coefficient (Wildman–Crippen LogP) is 2.11. The van der Waals surface area contributed by atoms with Crippen LogP contribution in [0.3, 0.4) is 0 Å². The number of methoxy groups -OCH3 is 1. The number of amides is 2. The number of hydrogen-bond acceptors (Lipinski definition) is 7. The molecule has 0 unspecified atom stereocenters. The van der Waals surface area contributed by atoms with Crippen LogP contribution in [0.1, 0.15) is 12.5 Å². The maximum Gasteiger partial charge on any atom is 0.243 e. The average Bonchev–Trinajstić information content (AvgIpc) is 3.00. The van der Waals surface area contributed by atoms with E-state index < -0.39 is 10.0 Å². The summed E-state index contributed by atoms with van der Waals surface area (Å²) in [4.78, 5) is 28.3. The van der Waals surface area contributed by atoms with Crippen LogP contribution in [0.5, 0.6) is 5.75 Å². The highest BCUT2D eigenvalue weighted by Gasteiger charge is 2.32. The Hall–Kier alpha value is -2.60. The number of carbonyl (C=O) groups excluding carboxylic acids is 2. The summed E-state index contributed by atoms with van der Waals surface area (Å²) in [6.45, 7) is 3.13. The monoisotopic (exact) mass is 519 g/mol. The summed E-state index contributed by atoms with van der Waals surface area (Å²) in [7, 11) is -2.17. The Morgan fingerprint density at radius 3 is 2.71 bits per heavy atom. The van der Waals surface area contributed by atoms with Crippen LogP contribution in [0.4, 0.5) is 5.69 Å². The van der Waals surface area contributed by atoms with E-state index in [4.69, 9.17) is 9.47 Å². The van der Waals surface area contributed by atoms with E-state index in [0.717, 1.165) is 10.5 Å². The molecule has 0 radical (unpaired) electrons. The molecule has 2 aromatic carbocycles. The van der Waals surface area contributed by atoms with Crippen molar-refractivity contribution in [1.82, 2.24) is 9.62 Å². The molecule has 1 saturated heterocycles. The molecule has 0 spiro atoms. The first-order valence-corrected chi connectivity index (χ1v) is 13.8. The first kappa shape index (κ1) is 25.5. The Morgan fingerprint density at radius 2 is 1.97 bits per heavy atom. The molecule has 0 aromatic heterocycles. The Balaban J connectivity index is 1.57. The van der Waals surface area contributed by atoms with Crippen molar-refractivity contribution in [2.75, 3.05) is 50.6 Å². The number of sulfonamides is 1. The molecule has 1 atom stereocenters. The third kappa shape index (κ3) is 5.80. The van der Waals surface area contributed by atoms with E-state index in [0.29, 0.717) is 30.4 Å². The first-order chi connectivity index (χ1) is 16.8. The van der Waals surface area contributed by atoms with Crippen molar-refractivity contribution in [1.29, 1.82) is 0 Å². The molecule has 35 heavy (non-hydrogen) atoms. The molecule has 0 saturated carbocycles. The summed E-state index contributed by atoms with van der Waals surface area (Å²) in [5, 5.41) is 2.85. The lowest BCUT2D eigenvalue weighted by Gasteiger charge is -2.27. The number of hydrogen-bond donors (Lipinski definition) is 1. The van der Waals surface area contributed by atoms with Crippen LogP contribution in [-0.4, -0.2) is 70.2 Å². The van der Waals surface area contributed by atoms with Gasteiger partial charge in [0.1, 0.15) is 12.3 Å². The minimum Gasteiger partial charge on any atom is -0.497 e. The van der Waals surface area contributed by atoms with Crippen LogP contribution >= 0.6 is 11.8 Å². The Labute approximate surface area is 209 Å². The van der Waals surface area contributed by atoms with Crippen molar-refractivity contribution in [3.05, 3.63) is 48.0 Å². The van der Waals surface area contributed by atoms with E-state index in [1.54, 1.807) is 19.2 Å². The fraction of sp³-hybridized carbons (Fsp3) is 0.417. The summed E-state index contributed by atoms with van der Waals surface area (Å²) >= 11 is 1.48. The molecule has 0 aliphatic carbocycles. The molecular formula is C24H29N3O6S2. The first-order valence-electron chi connectivity index (χ1n) is 11.4. The van der Waals surface area contributed by atoms with Crippen molar-refractivity contribution in [3.8, 4) is 5.75 Å². The zero-order valence-electron chi connectivity index (χ0n) is 19.7. The highest BCUT2D eigenvalue weighted by Crippen LogP contribution is 2.38. The molecule has 2 amide bonds. The van der Waals surface area contributed by atoms with Crippen LogP contribution < -0.4 is 15.0 Å². The molecule has 0 bridgehead atoms. The van der Waals surface area contributed by atoms with E-state index in [1.807, 2.05) is 31.2 Å². The Kier molecular flexibility index (Phi) is 8.00. The van der Waals surface area contributed by atoms with E-state index >= 15 is 0 Å². The number of nitrogens with zero attached hydrogens (tertiary/aromatic N) is 2. The summed E-state index contributed by atoms with van der Waals surface area (Å²) in [5.41, 5.74) is 1.30. The molecule has 2 aliphatic heterocycles. The van der Waals surface area contributed by atoms with Crippen LogP contribution in [0.2, 0.25) is 0 Å². The van der Waals surface area contributed by atoms with Crippen molar-refractivity contribution in [2.45, 2.75) is 23.3 Å². The van der Waals surface area contributed by atoms with Gasteiger partial charge in [0.15, 0.2) is 0 Å². The Morgan fingerprint density at radius 1 is 1.20 bits per heavy atom. The zero-order chi connectivity index (χ0) is 25.0. The predicted molar refractivity (Wildman–Crippen MR) is 133 cm³/mol. The quantitative estimate of drug-likeness (QED) is 0.597. The van der Waals surface area contributed by atoms with Crippen molar-refractivity contribution in [3.63, 3.8) is 0 Å². The number of morpholine rings is 1. The summed E-state index contributed by atoms with van der Waals surface area (Å²) < 4.78 is 38.3. The number of benzene rings is 2. The normalized spacial score (nSPS) is 19.1. The molecule has 11 heteroatoms. The molecule has 2 aromatic rings. The van der Waals surface area contributed by atoms with Gasteiger partial charge in [0, 0.05) is 36.2 Å². The number of fused-ring (bicyclic) bond motifs is 1.